The van der Waals surface area contributed by atoms with Crippen LogP contribution in [0.25, 0.3) is 0 Å². The maximum atomic E-state index is 11.7. The maximum Gasteiger partial charge on any atom is 0.321 e. The fourth-order valence-electron chi connectivity index (χ4n) is 1.38. The molecule has 0 aliphatic heterocycles. The predicted octanol–water partition coefficient (Wildman–Crippen LogP) is 0.928. The summed E-state index contributed by atoms with van der Waals surface area (Å²) >= 11 is 0. The molecule has 0 amide bonds. The van der Waals surface area contributed by atoms with Gasteiger partial charge < -0.3 is 14.2 Å². The van der Waals surface area contributed by atoms with Gasteiger partial charge in [-0.1, -0.05) is 6.92 Å². The van der Waals surface area contributed by atoms with Crippen molar-refractivity contribution in [3.05, 3.63) is 0 Å². The smallest absolute Gasteiger partial charge is 0.321 e. The molecule has 6 nitrogen and oxygen atoms in total. The molecule has 1 atom stereocenters. The van der Waals surface area contributed by atoms with Crippen molar-refractivity contribution in [3.63, 3.8) is 0 Å². The van der Waals surface area contributed by atoms with Crippen molar-refractivity contribution in [2.75, 3.05) is 19.8 Å². The van der Waals surface area contributed by atoms with E-state index < -0.39 is 29.7 Å². The summed E-state index contributed by atoms with van der Waals surface area (Å²) in [5.74, 6) is -4.36. The minimum atomic E-state index is -1.27. The van der Waals surface area contributed by atoms with E-state index in [1.165, 1.54) is 6.92 Å². The van der Waals surface area contributed by atoms with Gasteiger partial charge in [0, 0.05) is 0 Å². The normalized spacial score (nSPS) is 11.8. The van der Waals surface area contributed by atoms with Crippen molar-refractivity contribution in [2.24, 2.45) is 11.8 Å². The van der Waals surface area contributed by atoms with Gasteiger partial charge in [-0.25, -0.2) is 0 Å². The SMILES string of the molecule is CCOC(=O)C(C(=O)OCC)[C@@H](C)C(=O)OCC. The molecular weight excluding hydrogens is 240 g/mol. The van der Waals surface area contributed by atoms with Crippen molar-refractivity contribution in [3.8, 4) is 0 Å². The Morgan fingerprint density at radius 3 is 1.44 bits per heavy atom. The zero-order chi connectivity index (χ0) is 14.1. The molecule has 0 saturated heterocycles. The summed E-state index contributed by atoms with van der Waals surface area (Å²) in [6.07, 6.45) is 0. The van der Waals surface area contributed by atoms with Crippen molar-refractivity contribution in [1.29, 1.82) is 0 Å². The molecule has 0 fully saturated rings. The molecule has 0 N–H and O–H groups in total. The summed E-state index contributed by atoms with van der Waals surface area (Å²) in [6, 6.07) is 0. The van der Waals surface area contributed by atoms with Crippen LogP contribution in [0, 0.1) is 11.8 Å². The van der Waals surface area contributed by atoms with Crippen LogP contribution in [-0.4, -0.2) is 37.7 Å². The van der Waals surface area contributed by atoms with Gasteiger partial charge in [0.2, 0.25) is 0 Å². The molecule has 0 heterocycles. The molecule has 6 heteroatoms. The molecule has 0 aliphatic carbocycles. The lowest BCUT2D eigenvalue weighted by Crippen LogP contribution is -2.37. The van der Waals surface area contributed by atoms with E-state index in [4.69, 9.17) is 14.2 Å². The van der Waals surface area contributed by atoms with Crippen LogP contribution in [0.1, 0.15) is 27.7 Å². The first kappa shape index (κ1) is 16.4. The molecule has 104 valence electrons. The number of esters is 3. The molecule has 0 rings (SSSR count). The molecule has 0 saturated carbocycles. The Kier molecular flexibility index (Phi) is 7.74. The average molecular weight is 260 g/mol. The molecule has 0 radical (unpaired) electrons. The van der Waals surface area contributed by atoms with Crippen LogP contribution in [0.15, 0.2) is 0 Å². The Balaban J connectivity index is 4.89. The minimum Gasteiger partial charge on any atom is -0.466 e. The Labute approximate surface area is 107 Å². The molecule has 0 aliphatic rings. The quantitative estimate of drug-likeness (QED) is 0.385. The lowest BCUT2D eigenvalue weighted by molar-refractivity contribution is -0.170. The molecule has 0 aromatic heterocycles. The maximum absolute atomic E-state index is 11.7. The Bertz CT molecular complexity index is 281. The standard InChI is InChI=1S/C12H20O6/c1-5-16-10(13)8(4)9(11(14)17-6-2)12(15)18-7-3/h8-9H,5-7H2,1-4H3/t8-/m1/s1. The first-order chi connectivity index (χ1) is 8.49. The van der Waals surface area contributed by atoms with Gasteiger partial charge in [-0.15, -0.1) is 0 Å². The highest BCUT2D eigenvalue weighted by molar-refractivity contribution is 5.99. The van der Waals surface area contributed by atoms with Crippen molar-refractivity contribution in [2.45, 2.75) is 27.7 Å². The number of carbonyl (C=O) groups excluding carboxylic acids is 3. The number of hydrogen-bond donors (Lipinski definition) is 0. The van der Waals surface area contributed by atoms with Crippen molar-refractivity contribution >= 4 is 17.9 Å². The molecule has 0 spiro atoms. The number of rotatable bonds is 7. The number of ether oxygens (including phenoxy) is 3. The second-order valence-electron chi connectivity index (χ2n) is 3.52. The van der Waals surface area contributed by atoms with E-state index in [0.717, 1.165) is 0 Å². The van der Waals surface area contributed by atoms with Crippen LogP contribution in [0.4, 0.5) is 0 Å². The first-order valence-electron chi connectivity index (χ1n) is 5.99. The van der Waals surface area contributed by atoms with Crippen molar-refractivity contribution in [1.82, 2.24) is 0 Å². The van der Waals surface area contributed by atoms with Gasteiger partial charge in [0.15, 0.2) is 5.92 Å². The largest absolute Gasteiger partial charge is 0.466 e. The van der Waals surface area contributed by atoms with Crippen LogP contribution in [0.3, 0.4) is 0 Å². The Morgan fingerprint density at radius 2 is 1.11 bits per heavy atom. The highest BCUT2D eigenvalue weighted by Gasteiger charge is 2.39. The summed E-state index contributed by atoms with van der Waals surface area (Å²) in [5, 5.41) is 0. The van der Waals surface area contributed by atoms with Crippen LogP contribution in [0.2, 0.25) is 0 Å². The van der Waals surface area contributed by atoms with E-state index >= 15 is 0 Å². The number of carbonyl (C=O) groups is 3. The lowest BCUT2D eigenvalue weighted by Gasteiger charge is -2.19. The van der Waals surface area contributed by atoms with E-state index in [-0.39, 0.29) is 19.8 Å². The summed E-state index contributed by atoms with van der Waals surface area (Å²) in [7, 11) is 0. The van der Waals surface area contributed by atoms with Gasteiger partial charge in [0.25, 0.3) is 0 Å². The van der Waals surface area contributed by atoms with Gasteiger partial charge in [0.05, 0.1) is 25.7 Å². The summed E-state index contributed by atoms with van der Waals surface area (Å²) in [6.45, 7) is 6.77. The van der Waals surface area contributed by atoms with Crippen LogP contribution in [-0.2, 0) is 28.6 Å². The van der Waals surface area contributed by atoms with Gasteiger partial charge >= 0.3 is 17.9 Å². The predicted molar refractivity (Wildman–Crippen MR) is 62.6 cm³/mol. The summed E-state index contributed by atoms with van der Waals surface area (Å²) in [5.41, 5.74) is 0. The van der Waals surface area contributed by atoms with Crippen LogP contribution >= 0.6 is 0 Å². The van der Waals surface area contributed by atoms with Crippen LogP contribution < -0.4 is 0 Å². The second-order valence-corrected chi connectivity index (χ2v) is 3.52. The molecule has 0 unspecified atom stereocenters. The van der Waals surface area contributed by atoms with E-state index in [2.05, 4.69) is 0 Å². The van der Waals surface area contributed by atoms with E-state index in [0.29, 0.717) is 0 Å². The molecular formula is C12H20O6. The molecule has 0 aromatic carbocycles. The van der Waals surface area contributed by atoms with Gasteiger partial charge in [0.1, 0.15) is 0 Å². The van der Waals surface area contributed by atoms with Crippen molar-refractivity contribution < 1.29 is 28.6 Å². The van der Waals surface area contributed by atoms with Crippen LogP contribution in [0.5, 0.6) is 0 Å². The second kappa shape index (κ2) is 8.49. The third-order valence-electron chi connectivity index (χ3n) is 2.24. The molecule has 18 heavy (non-hydrogen) atoms. The Morgan fingerprint density at radius 1 is 0.778 bits per heavy atom. The third kappa shape index (κ3) is 4.73. The fraction of sp³-hybridized carbons (Fsp3) is 0.750. The monoisotopic (exact) mass is 260 g/mol. The zero-order valence-electron chi connectivity index (χ0n) is 11.2. The van der Waals surface area contributed by atoms with Gasteiger partial charge in [-0.3, -0.25) is 14.4 Å². The highest BCUT2D eigenvalue weighted by atomic mass is 16.6. The fourth-order valence-corrected chi connectivity index (χ4v) is 1.38. The van der Waals surface area contributed by atoms with E-state index in [1.807, 2.05) is 0 Å². The van der Waals surface area contributed by atoms with Gasteiger partial charge in [-0.2, -0.15) is 0 Å². The summed E-state index contributed by atoms with van der Waals surface area (Å²) in [4.78, 5) is 34.9. The lowest BCUT2D eigenvalue weighted by atomic mass is 9.94. The molecule has 0 bridgehead atoms. The first-order valence-corrected chi connectivity index (χ1v) is 5.99. The number of hydrogen-bond acceptors (Lipinski definition) is 6. The van der Waals surface area contributed by atoms with E-state index in [9.17, 15) is 14.4 Å². The summed E-state index contributed by atoms with van der Waals surface area (Å²) < 4.78 is 14.3. The molecule has 0 aromatic rings. The third-order valence-corrected chi connectivity index (χ3v) is 2.24. The average Bonchev–Trinajstić information content (AvgIpc) is 2.30. The van der Waals surface area contributed by atoms with Gasteiger partial charge in [-0.05, 0) is 20.8 Å². The zero-order valence-corrected chi connectivity index (χ0v) is 11.2. The Hall–Kier alpha value is -1.59. The highest BCUT2D eigenvalue weighted by Crippen LogP contribution is 2.17. The minimum absolute atomic E-state index is 0.129. The topological polar surface area (TPSA) is 78.9 Å². The van der Waals surface area contributed by atoms with E-state index in [1.54, 1.807) is 20.8 Å².